The summed E-state index contributed by atoms with van der Waals surface area (Å²) < 4.78 is 12.0. The molecule has 1 saturated heterocycles. The van der Waals surface area contributed by atoms with E-state index in [0.29, 0.717) is 5.56 Å². The monoisotopic (exact) mass is 643 g/mol. The summed E-state index contributed by atoms with van der Waals surface area (Å²) >= 11 is 0. The highest BCUT2D eigenvalue weighted by atomic mass is 16.6. The molecule has 1 heterocycles. The smallest absolute Gasteiger partial charge is 0.336 e. The molecule has 14 nitrogen and oxygen atoms in total. The van der Waals surface area contributed by atoms with Gasteiger partial charge in [-0.05, 0) is 73.0 Å². The van der Waals surface area contributed by atoms with Crippen LogP contribution in [0, 0.1) is 5.92 Å². The average Bonchev–Trinajstić information content (AvgIpc) is 3.02. The number of hydrogen-bond donors (Lipinski definition) is 9. The molecule has 0 aromatic heterocycles. The lowest BCUT2D eigenvalue weighted by atomic mass is 9.60. The molecule has 4 rings (SSSR count). The van der Waals surface area contributed by atoms with Gasteiger partial charge in [-0.1, -0.05) is 18.2 Å². The largest absolute Gasteiger partial charge is 0.504 e. The first-order valence-electron chi connectivity index (χ1n) is 14.4. The molecule has 46 heavy (non-hydrogen) atoms. The number of likely N-dealkylation sites (N-methyl/N-ethyl adjacent to an activating group) is 1. The maximum atomic E-state index is 13.3. The highest BCUT2D eigenvalue weighted by Crippen LogP contribution is 2.51. The second-order valence-corrected chi connectivity index (χ2v) is 11.4. The first-order valence-corrected chi connectivity index (χ1v) is 14.4. The Morgan fingerprint density at radius 3 is 2.33 bits per heavy atom. The lowest BCUT2D eigenvalue weighted by molar-refractivity contribution is -0.293. The first kappa shape index (κ1) is 34.6. The fourth-order valence-corrected chi connectivity index (χ4v) is 6.25. The van der Waals surface area contributed by atoms with Gasteiger partial charge in [-0.2, -0.15) is 0 Å². The number of carbonyl (C=O) groups is 3. The molecule has 0 amide bonds. The van der Waals surface area contributed by atoms with Crippen molar-refractivity contribution < 1.29 is 64.7 Å². The quantitative estimate of drug-likeness (QED) is 0.114. The predicted octanol–water partition coefficient (Wildman–Crippen LogP) is 0.585. The fourth-order valence-electron chi connectivity index (χ4n) is 6.25. The van der Waals surface area contributed by atoms with Gasteiger partial charge in [-0.15, -0.1) is 0 Å². The molecule has 2 aromatic carbocycles. The second-order valence-electron chi connectivity index (χ2n) is 11.4. The van der Waals surface area contributed by atoms with Crippen LogP contribution in [0.2, 0.25) is 0 Å². The van der Waals surface area contributed by atoms with E-state index in [1.807, 2.05) is 0 Å². The number of ketones is 2. The van der Waals surface area contributed by atoms with Gasteiger partial charge in [0.2, 0.25) is 0 Å². The maximum absolute atomic E-state index is 13.3. The third-order valence-electron chi connectivity index (χ3n) is 8.51. The van der Waals surface area contributed by atoms with E-state index in [2.05, 4.69) is 5.32 Å². The van der Waals surface area contributed by atoms with Crippen LogP contribution in [0.25, 0.3) is 12.2 Å². The van der Waals surface area contributed by atoms with Gasteiger partial charge in [-0.3, -0.25) is 9.59 Å². The molecule has 2 aromatic rings. The van der Waals surface area contributed by atoms with Crippen LogP contribution in [0.1, 0.15) is 36.0 Å². The number of aliphatic hydroxyl groups excluding tert-OH is 3. The summed E-state index contributed by atoms with van der Waals surface area (Å²) in [5.74, 6) is -5.52. The zero-order valence-corrected chi connectivity index (χ0v) is 24.9. The van der Waals surface area contributed by atoms with Crippen LogP contribution in [-0.2, 0) is 30.5 Å². The standard InChI is InChI=1S/C32H37NO13/c1-33-16-32-28(9-8-27(46-32)22(37)7-4-18-11-24(39)25(40)12-19(18)14-34)31(30(43)44,13-26(41)29(32)42)45-15-20(35)5-2-17-3-6-21(36)23(38)10-17/h2-7,10-12,26-29,33-34,36,38-42H,8-9,13-16H2,1H3,(H,43,44)/b5-2+,7-4+/t26-,27-,28+,29-,31+,32-/m1/s1. The third kappa shape index (κ3) is 6.77. The van der Waals surface area contributed by atoms with Gasteiger partial charge in [0.1, 0.15) is 24.4 Å². The Balaban J connectivity index is 1.59. The molecule has 0 radical (unpaired) electrons. The van der Waals surface area contributed by atoms with Gasteiger partial charge < -0.3 is 55.6 Å². The van der Waals surface area contributed by atoms with Gasteiger partial charge in [0.05, 0.1) is 12.7 Å². The minimum atomic E-state index is -2.20. The molecule has 1 saturated carbocycles. The van der Waals surface area contributed by atoms with Crippen LogP contribution in [-0.4, -0.2) is 108 Å². The summed E-state index contributed by atoms with van der Waals surface area (Å²) in [6, 6.07) is 6.20. The second kappa shape index (κ2) is 14.0. The maximum Gasteiger partial charge on any atom is 0.336 e. The van der Waals surface area contributed by atoms with Crippen molar-refractivity contribution in [1.82, 2.24) is 5.32 Å². The Bertz CT molecular complexity index is 1540. The van der Waals surface area contributed by atoms with Gasteiger partial charge >= 0.3 is 5.97 Å². The number of carboxylic acids is 1. The number of aliphatic carboxylic acids is 1. The van der Waals surface area contributed by atoms with Crippen molar-refractivity contribution in [3.63, 3.8) is 0 Å². The van der Waals surface area contributed by atoms with Crippen molar-refractivity contribution in [1.29, 1.82) is 0 Å². The molecule has 1 aliphatic heterocycles. The van der Waals surface area contributed by atoms with Crippen LogP contribution >= 0.6 is 0 Å². The zero-order valence-electron chi connectivity index (χ0n) is 24.9. The van der Waals surface area contributed by atoms with E-state index in [1.165, 1.54) is 37.4 Å². The topological polar surface area (TPSA) is 244 Å². The Kier molecular flexibility index (Phi) is 10.5. The van der Waals surface area contributed by atoms with Gasteiger partial charge in [0, 0.05) is 18.9 Å². The number of ether oxygens (including phenoxy) is 2. The van der Waals surface area contributed by atoms with Crippen LogP contribution in [0.4, 0.5) is 0 Å². The van der Waals surface area contributed by atoms with Crippen LogP contribution in [0.15, 0.2) is 42.5 Å². The average molecular weight is 644 g/mol. The van der Waals surface area contributed by atoms with Crippen LogP contribution < -0.4 is 5.32 Å². The Labute approximate surface area is 263 Å². The minimum Gasteiger partial charge on any atom is -0.504 e. The normalized spacial score (nSPS) is 27.9. The molecule has 248 valence electrons. The summed E-state index contributed by atoms with van der Waals surface area (Å²) in [4.78, 5) is 38.9. The fraction of sp³-hybridized carbons (Fsp3) is 0.406. The molecule has 9 N–H and O–H groups in total. The lowest BCUT2D eigenvalue weighted by Crippen LogP contribution is -2.75. The predicted molar refractivity (Wildman–Crippen MR) is 161 cm³/mol. The number of carboxylic acid groups (broad SMARTS) is 1. The van der Waals surface area contributed by atoms with Crippen LogP contribution in [0.3, 0.4) is 0 Å². The molecule has 0 bridgehead atoms. The summed E-state index contributed by atoms with van der Waals surface area (Å²) in [5.41, 5.74) is -3.18. The molecule has 14 heteroatoms. The Morgan fingerprint density at radius 1 is 0.978 bits per heavy atom. The van der Waals surface area contributed by atoms with E-state index < -0.39 is 89.9 Å². The molecule has 6 atom stereocenters. The van der Waals surface area contributed by atoms with E-state index in [0.717, 1.165) is 24.3 Å². The highest BCUT2D eigenvalue weighted by Gasteiger charge is 2.67. The number of aliphatic hydroxyl groups is 3. The number of phenolic OH excluding ortho intramolecular Hbond substituents is 4. The summed E-state index contributed by atoms with van der Waals surface area (Å²) in [5, 5.41) is 83.7. The van der Waals surface area contributed by atoms with E-state index in [1.54, 1.807) is 0 Å². The van der Waals surface area contributed by atoms with Crippen molar-refractivity contribution in [3.8, 4) is 23.0 Å². The van der Waals surface area contributed by atoms with E-state index in [4.69, 9.17) is 9.47 Å². The molecule has 2 aliphatic rings. The lowest BCUT2D eigenvalue weighted by Gasteiger charge is -2.58. The molecule has 0 spiro atoms. The minimum absolute atomic E-state index is 0.00755. The van der Waals surface area contributed by atoms with Crippen molar-refractivity contribution >= 4 is 29.7 Å². The van der Waals surface area contributed by atoms with Gasteiger partial charge in [0.25, 0.3) is 0 Å². The Morgan fingerprint density at radius 2 is 1.67 bits per heavy atom. The number of fused-ring (bicyclic) bond motifs is 1. The highest BCUT2D eigenvalue weighted by molar-refractivity contribution is 5.97. The molecule has 2 fully saturated rings. The van der Waals surface area contributed by atoms with Crippen LogP contribution in [0.5, 0.6) is 23.0 Å². The van der Waals surface area contributed by atoms with E-state index >= 15 is 0 Å². The third-order valence-corrected chi connectivity index (χ3v) is 8.51. The summed E-state index contributed by atoms with van der Waals surface area (Å²) in [6.07, 6.45) is -0.231. The SMILES string of the molecule is CNC[C@@]12O[C@@H](C(=O)/C=C/c3cc(O)c(O)cc3CO)CC[C@H]1[C@](OCC(=O)/C=C/c1ccc(O)c(O)c1)(C(=O)O)C[C@@H](O)[C@H]2O. The molecule has 1 aliphatic carbocycles. The number of carbonyl (C=O) groups excluding carboxylic acids is 2. The number of nitrogens with one attached hydrogen (secondary N) is 1. The van der Waals surface area contributed by atoms with Gasteiger partial charge in [-0.25, -0.2) is 4.79 Å². The molecular formula is C32H37NO13. The van der Waals surface area contributed by atoms with E-state index in [-0.39, 0.29) is 36.3 Å². The molecule has 0 unspecified atom stereocenters. The number of hydrogen-bond acceptors (Lipinski definition) is 13. The van der Waals surface area contributed by atoms with E-state index in [9.17, 15) is 55.2 Å². The number of aromatic hydroxyl groups is 4. The Hall–Kier alpha value is -4.31. The molecular weight excluding hydrogens is 606 g/mol. The van der Waals surface area contributed by atoms with Crippen molar-refractivity contribution in [3.05, 3.63) is 59.2 Å². The van der Waals surface area contributed by atoms with Crippen molar-refractivity contribution in [2.75, 3.05) is 20.2 Å². The number of benzene rings is 2. The number of rotatable bonds is 12. The van der Waals surface area contributed by atoms with Crippen molar-refractivity contribution in [2.24, 2.45) is 5.92 Å². The first-order chi connectivity index (χ1) is 21.8. The zero-order chi connectivity index (χ0) is 33.8. The summed E-state index contributed by atoms with van der Waals surface area (Å²) in [6.45, 7) is -1.41. The van der Waals surface area contributed by atoms with Crippen molar-refractivity contribution in [2.45, 2.75) is 55.4 Å². The summed E-state index contributed by atoms with van der Waals surface area (Å²) in [7, 11) is 1.51. The number of phenols is 4. The van der Waals surface area contributed by atoms with Gasteiger partial charge in [0.15, 0.2) is 40.2 Å².